The van der Waals surface area contributed by atoms with Crippen molar-refractivity contribution in [2.45, 2.75) is 58.0 Å². The SMILES string of the molecule is CCC(C)NC1CCN(C(=O)C2CC2)CC1. The van der Waals surface area contributed by atoms with Gasteiger partial charge in [0.05, 0.1) is 0 Å². The second-order valence-electron chi connectivity index (χ2n) is 5.35. The number of piperidine rings is 1. The second-order valence-corrected chi connectivity index (χ2v) is 5.35. The van der Waals surface area contributed by atoms with Crippen LogP contribution >= 0.6 is 0 Å². The van der Waals surface area contributed by atoms with E-state index in [0.29, 0.717) is 23.9 Å². The van der Waals surface area contributed by atoms with Crippen molar-refractivity contribution in [3.63, 3.8) is 0 Å². The van der Waals surface area contributed by atoms with Gasteiger partial charge in [0, 0.05) is 31.1 Å². The quantitative estimate of drug-likeness (QED) is 0.789. The van der Waals surface area contributed by atoms with Crippen LogP contribution in [0.25, 0.3) is 0 Å². The van der Waals surface area contributed by atoms with Gasteiger partial charge < -0.3 is 10.2 Å². The molecular weight excluding hydrogens is 200 g/mol. The zero-order valence-corrected chi connectivity index (χ0v) is 10.5. The lowest BCUT2D eigenvalue weighted by molar-refractivity contribution is -0.133. The summed E-state index contributed by atoms with van der Waals surface area (Å²) in [6.45, 7) is 6.37. The number of carbonyl (C=O) groups excluding carboxylic acids is 1. The van der Waals surface area contributed by atoms with Crippen LogP contribution in [0.2, 0.25) is 0 Å². The Labute approximate surface area is 98.6 Å². The molecule has 1 atom stereocenters. The molecule has 1 aliphatic heterocycles. The third kappa shape index (κ3) is 2.97. The third-order valence-electron chi connectivity index (χ3n) is 3.87. The van der Waals surface area contributed by atoms with Crippen molar-refractivity contribution in [3.8, 4) is 0 Å². The van der Waals surface area contributed by atoms with Crippen molar-refractivity contribution in [3.05, 3.63) is 0 Å². The van der Waals surface area contributed by atoms with Gasteiger partial charge in [-0.15, -0.1) is 0 Å². The van der Waals surface area contributed by atoms with E-state index in [1.165, 1.54) is 6.42 Å². The lowest BCUT2D eigenvalue weighted by Gasteiger charge is -2.34. The highest BCUT2D eigenvalue weighted by Crippen LogP contribution is 2.31. The minimum absolute atomic E-state index is 0.388. The van der Waals surface area contributed by atoms with Crippen LogP contribution in [0, 0.1) is 5.92 Å². The summed E-state index contributed by atoms with van der Waals surface area (Å²) in [5, 5.41) is 3.63. The van der Waals surface area contributed by atoms with Crippen LogP contribution in [-0.2, 0) is 4.79 Å². The minimum Gasteiger partial charge on any atom is -0.342 e. The van der Waals surface area contributed by atoms with Crippen LogP contribution in [0.1, 0.15) is 46.0 Å². The van der Waals surface area contributed by atoms with Crippen LogP contribution < -0.4 is 5.32 Å². The molecule has 1 heterocycles. The maximum absolute atomic E-state index is 11.9. The summed E-state index contributed by atoms with van der Waals surface area (Å²) in [5.41, 5.74) is 0. The molecule has 1 amide bonds. The molecule has 2 rings (SSSR count). The number of carbonyl (C=O) groups is 1. The van der Waals surface area contributed by atoms with Gasteiger partial charge >= 0.3 is 0 Å². The van der Waals surface area contributed by atoms with Crippen molar-refractivity contribution >= 4 is 5.91 Å². The van der Waals surface area contributed by atoms with Gasteiger partial charge in [-0.3, -0.25) is 4.79 Å². The Balaban J connectivity index is 1.71. The highest BCUT2D eigenvalue weighted by molar-refractivity contribution is 5.81. The van der Waals surface area contributed by atoms with E-state index in [1.54, 1.807) is 0 Å². The first-order chi connectivity index (χ1) is 7.70. The molecule has 0 bridgehead atoms. The Morgan fingerprint density at radius 2 is 1.94 bits per heavy atom. The normalized spacial score (nSPS) is 24.5. The monoisotopic (exact) mass is 224 g/mol. The molecule has 0 aromatic rings. The van der Waals surface area contributed by atoms with E-state index in [-0.39, 0.29) is 0 Å². The molecule has 0 aromatic carbocycles. The maximum atomic E-state index is 11.9. The van der Waals surface area contributed by atoms with E-state index in [0.717, 1.165) is 38.8 Å². The first kappa shape index (κ1) is 11.9. The summed E-state index contributed by atoms with van der Waals surface area (Å²) in [6.07, 6.45) is 5.70. The zero-order valence-electron chi connectivity index (χ0n) is 10.5. The number of amides is 1. The van der Waals surface area contributed by atoms with E-state index in [2.05, 4.69) is 24.1 Å². The zero-order chi connectivity index (χ0) is 11.5. The van der Waals surface area contributed by atoms with Gasteiger partial charge in [0.25, 0.3) is 0 Å². The first-order valence-electron chi connectivity index (χ1n) is 6.75. The Morgan fingerprint density at radius 3 is 2.44 bits per heavy atom. The average molecular weight is 224 g/mol. The Bertz CT molecular complexity index is 242. The number of hydrogen-bond donors (Lipinski definition) is 1. The molecule has 1 saturated heterocycles. The third-order valence-corrected chi connectivity index (χ3v) is 3.87. The molecule has 0 aromatic heterocycles. The summed E-state index contributed by atoms with van der Waals surface area (Å²) >= 11 is 0. The number of rotatable bonds is 4. The van der Waals surface area contributed by atoms with Crippen LogP contribution in [-0.4, -0.2) is 36.0 Å². The van der Waals surface area contributed by atoms with E-state index >= 15 is 0 Å². The van der Waals surface area contributed by atoms with E-state index in [1.807, 2.05) is 0 Å². The highest BCUT2D eigenvalue weighted by atomic mass is 16.2. The standard InChI is InChI=1S/C13H24N2O/c1-3-10(2)14-12-6-8-15(9-7-12)13(16)11-4-5-11/h10-12,14H,3-9H2,1-2H3. The molecule has 1 saturated carbocycles. The van der Waals surface area contributed by atoms with Gasteiger partial charge in [-0.25, -0.2) is 0 Å². The fourth-order valence-electron chi connectivity index (χ4n) is 2.38. The molecule has 1 N–H and O–H groups in total. The van der Waals surface area contributed by atoms with Crippen molar-refractivity contribution in [1.29, 1.82) is 0 Å². The van der Waals surface area contributed by atoms with Crippen molar-refractivity contribution < 1.29 is 4.79 Å². The molecule has 2 fully saturated rings. The molecule has 16 heavy (non-hydrogen) atoms. The van der Waals surface area contributed by atoms with Crippen LogP contribution in [0.4, 0.5) is 0 Å². The molecule has 2 aliphatic rings. The average Bonchev–Trinajstić information content (AvgIpc) is 3.13. The van der Waals surface area contributed by atoms with Crippen LogP contribution in [0.3, 0.4) is 0 Å². The summed E-state index contributed by atoms with van der Waals surface area (Å²) in [7, 11) is 0. The summed E-state index contributed by atoms with van der Waals surface area (Å²) in [4.78, 5) is 13.9. The van der Waals surface area contributed by atoms with Crippen molar-refractivity contribution in [1.82, 2.24) is 10.2 Å². The predicted molar refractivity (Wildman–Crippen MR) is 65.2 cm³/mol. The lowest BCUT2D eigenvalue weighted by atomic mass is 10.0. The fourth-order valence-corrected chi connectivity index (χ4v) is 2.38. The molecule has 1 aliphatic carbocycles. The summed E-state index contributed by atoms with van der Waals surface area (Å²) in [6, 6.07) is 1.23. The van der Waals surface area contributed by atoms with Gasteiger partial charge in [0.2, 0.25) is 5.91 Å². The van der Waals surface area contributed by atoms with Gasteiger partial charge in [0.1, 0.15) is 0 Å². The molecule has 0 radical (unpaired) electrons. The molecule has 92 valence electrons. The summed E-state index contributed by atoms with van der Waals surface area (Å²) in [5.74, 6) is 0.807. The fraction of sp³-hybridized carbons (Fsp3) is 0.923. The van der Waals surface area contributed by atoms with Crippen molar-refractivity contribution in [2.24, 2.45) is 5.92 Å². The Morgan fingerprint density at radius 1 is 1.31 bits per heavy atom. The number of nitrogens with zero attached hydrogens (tertiary/aromatic N) is 1. The first-order valence-corrected chi connectivity index (χ1v) is 6.75. The van der Waals surface area contributed by atoms with Gasteiger partial charge in [-0.2, -0.15) is 0 Å². The van der Waals surface area contributed by atoms with Crippen LogP contribution in [0.5, 0.6) is 0 Å². The highest BCUT2D eigenvalue weighted by Gasteiger charge is 2.34. The maximum Gasteiger partial charge on any atom is 0.225 e. The van der Waals surface area contributed by atoms with Gasteiger partial charge in [-0.1, -0.05) is 6.92 Å². The molecule has 1 unspecified atom stereocenters. The number of nitrogens with one attached hydrogen (secondary N) is 1. The second kappa shape index (κ2) is 5.17. The topological polar surface area (TPSA) is 32.3 Å². The Kier molecular flexibility index (Phi) is 3.85. The number of likely N-dealkylation sites (tertiary alicyclic amines) is 1. The van der Waals surface area contributed by atoms with E-state index in [4.69, 9.17) is 0 Å². The number of hydrogen-bond acceptors (Lipinski definition) is 2. The Hall–Kier alpha value is -0.570. The smallest absolute Gasteiger partial charge is 0.225 e. The molecule has 3 heteroatoms. The molecular formula is C13H24N2O. The molecule has 3 nitrogen and oxygen atoms in total. The summed E-state index contributed by atoms with van der Waals surface area (Å²) < 4.78 is 0. The van der Waals surface area contributed by atoms with Crippen LogP contribution in [0.15, 0.2) is 0 Å². The van der Waals surface area contributed by atoms with Gasteiger partial charge in [0.15, 0.2) is 0 Å². The van der Waals surface area contributed by atoms with E-state index < -0.39 is 0 Å². The van der Waals surface area contributed by atoms with Gasteiger partial charge in [-0.05, 0) is 39.0 Å². The van der Waals surface area contributed by atoms with E-state index in [9.17, 15) is 4.79 Å². The largest absolute Gasteiger partial charge is 0.342 e. The predicted octanol–water partition coefficient (Wildman–Crippen LogP) is 1.78. The lowest BCUT2D eigenvalue weighted by Crippen LogP contribution is -2.47. The molecule has 0 spiro atoms. The minimum atomic E-state index is 0.388. The van der Waals surface area contributed by atoms with Crippen molar-refractivity contribution in [2.75, 3.05) is 13.1 Å².